The summed E-state index contributed by atoms with van der Waals surface area (Å²) in [6.45, 7) is 0. The number of amides is 4. The number of H-pyrrole nitrogens is 1. The van der Waals surface area contributed by atoms with Crippen molar-refractivity contribution in [1.82, 2.24) is 20.9 Å². The lowest BCUT2D eigenvalue weighted by atomic mass is 10.1. The summed E-state index contributed by atoms with van der Waals surface area (Å²) in [5, 5.41) is 8.94. The molecule has 2 heterocycles. The van der Waals surface area contributed by atoms with E-state index in [4.69, 9.17) is 0 Å². The molecule has 0 fully saturated rings. The molecule has 1 aliphatic heterocycles. The molecule has 2 aromatic rings. The smallest absolute Gasteiger partial charge is 0.347 e. The second-order valence-corrected chi connectivity index (χ2v) is 4.84. The molecule has 1 radical (unpaired) electrons. The van der Waals surface area contributed by atoms with Gasteiger partial charge in [-0.1, -0.05) is 18.2 Å². The van der Waals surface area contributed by atoms with Crippen molar-refractivity contribution in [3.05, 3.63) is 47.9 Å². The van der Waals surface area contributed by atoms with Gasteiger partial charge in [-0.05, 0) is 18.1 Å². The van der Waals surface area contributed by atoms with Crippen LogP contribution in [0.1, 0.15) is 12.0 Å². The number of nitrogens with one attached hydrogen (secondary N) is 3. The molecule has 1 aromatic heterocycles. The van der Waals surface area contributed by atoms with Crippen LogP contribution in [0.2, 0.25) is 0 Å². The number of para-hydroxylation sites is 1. The molecule has 7 nitrogen and oxygen atoms in total. The molecular weight excluding hydrogens is 284 g/mol. The average molecular weight is 297 g/mol. The zero-order valence-corrected chi connectivity index (χ0v) is 11.6. The summed E-state index contributed by atoms with van der Waals surface area (Å²) in [6.07, 6.45) is 3.70. The highest BCUT2D eigenvalue weighted by Crippen LogP contribution is 2.18. The van der Waals surface area contributed by atoms with Crippen LogP contribution >= 0.6 is 0 Å². The van der Waals surface area contributed by atoms with Crippen molar-refractivity contribution >= 4 is 28.7 Å². The van der Waals surface area contributed by atoms with E-state index in [0.717, 1.165) is 22.7 Å². The normalized spacial score (nSPS) is 14.3. The van der Waals surface area contributed by atoms with Crippen molar-refractivity contribution in [2.75, 3.05) is 0 Å². The molecule has 0 saturated carbocycles. The maximum Gasteiger partial charge on any atom is 0.347 e. The zero-order chi connectivity index (χ0) is 15.5. The quantitative estimate of drug-likeness (QED) is 0.781. The Morgan fingerprint density at radius 1 is 1.23 bits per heavy atom. The van der Waals surface area contributed by atoms with Crippen molar-refractivity contribution in [2.24, 2.45) is 0 Å². The van der Waals surface area contributed by atoms with E-state index in [1.54, 1.807) is 0 Å². The minimum atomic E-state index is -0.734. The van der Waals surface area contributed by atoms with E-state index in [1.807, 2.05) is 35.8 Å². The van der Waals surface area contributed by atoms with Gasteiger partial charge in [0, 0.05) is 23.5 Å². The molecule has 0 unspecified atom stereocenters. The number of imide groups is 1. The van der Waals surface area contributed by atoms with E-state index in [-0.39, 0.29) is 18.0 Å². The van der Waals surface area contributed by atoms with Gasteiger partial charge >= 0.3 is 6.03 Å². The zero-order valence-electron chi connectivity index (χ0n) is 11.6. The summed E-state index contributed by atoms with van der Waals surface area (Å²) in [4.78, 5) is 37.4. The molecule has 4 amide bonds. The molecule has 7 heteroatoms. The van der Waals surface area contributed by atoms with Crippen LogP contribution in [0.15, 0.2) is 42.4 Å². The molecule has 3 N–H and O–H groups in total. The maximum absolute atomic E-state index is 11.9. The third kappa shape index (κ3) is 2.83. The van der Waals surface area contributed by atoms with Crippen LogP contribution in [0.3, 0.4) is 0 Å². The first-order chi connectivity index (χ1) is 10.6. The largest absolute Gasteiger partial charge is 0.361 e. The highest BCUT2D eigenvalue weighted by atomic mass is 16.2. The number of carbonyl (C=O) groups is 3. The first-order valence-corrected chi connectivity index (χ1v) is 6.74. The number of urea groups is 1. The Balaban J connectivity index is 1.61. The van der Waals surface area contributed by atoms with E-state index in [0.29, 0.717) is 6.42 Å². The van der Waals surface area contributed by atoms with Gasteiger partial charge in [-0.15, -0.1) is 0 Å². The fourth-order valence-electron chi connectivity index (χ4n) is 2.27. The lowest BCUT2D eigenvalue weighted by Crippen LogP contribution is -2.44. The maximum atomic E-state index is 11.9. The van der Waals surface area contributed by atoms with Crippen LogP contribution in [-0.4, -0.2) is 22.8 Å². The van der Waals surface area contributed by atoms with Crippen LogP contribution in [0.25, 0.3) is 10.9 Å². The van der Waals surface area contributed by atoms with Crippen LogP contribution in [0.4, 0.5) is 4.79 Å². The van der Waals surface area contributed by atoms with Crippen molar-refractivity contribution in [3.8, 4) is 0 Å². The number of aryl methyl sites for hydroxylation is 1. The minimum Gasteiger partial charge on any atom is -0.361 e. The van der Waals surface area contributed by atoms with Crippen LogP contribution in [0.5, 0.6) is 0 Å². The first kappa shape index (κ1) is 13.9. The number of benzene rings is 1. The molecule has 0 atom stereocenters. The van der Waals surface area contributed by atoms with E-state index >= 15 is 0 Å². The van der Waals surface area contributed by atoms with Gasteiger partial charge in [0.25, 0.3) is 5.91 Å². The number of carbonyl (C=O) groups excluding carboxylic acids is 3. The second kappa shape index (κ2) is 5.72. The Kier molecular flexibility index (Phi) is 3.61. The lowest BCUT2D eigenvalue weighted by molar-refractivity contribution is -0.123. The second-order valence-electron chi connectivity index (χ2n) is 4.84. The van der Waals surface area contributed by atoms with Crippen LogP contribution in [-0.2, 0) is 16.0 Å². The van der Waals surface area contributed by atoms with Crippen molar-refractivity contribution in [3.63, 3.8) is 0 Å². The molecule has 22 heavy (non-hydrogen) atoms. The van der Waals surface area contributed by atoms with Crippen molar-refractivity contribution in [2.45, 2.75) is 12.8 Å². The summed E-state index contributed by atoms with van der Waals surface area (Å²) in [6, 6.07) is 7.10. The Bertz CT molecular complexity index is 791. The molecular formula is C15H13N4O3. The molecule has 1 aromatic carbocycles. The molecule has 0 aliphatic carbocycles. The number of rotatable bonds is 4. The Labute approximate surface area is 125 Å². The van der Waals surface area contributed by atoms with Crippen LogP contribution in [0, 0.1) is 0 Å². The van der Waals surface area contributed by atoms with Gasteiger partial charge in [0.2, 0.25) is 5.91 Å². The third-order valence-electron chi connectivity index (χ3n) is 3.35. The van der Waals surface area contributed by atoms with Gasteiger partial charge in [-0.25, -0.2) is 4.79 Å². The minimum absolute atomic E-state index is 0.0245. The molecule has 111 valence electrons. The Morgan fingerprint density at radius 3 is 2.86 bits per heavy atom. The van der Waals surface area contributed by atoms with Gasteiger partial charge in [0.05, 0.1) is 6.20 Å². The third-order valence-corrected chi connectivity index (χ3v) is 3.35. The van der Waals surface area contributed by atoms with E-state index in [9.17, 15) is 14.4 Å². The average Bonchev–Trinajstić information content (AvgIpc) is 2.91. The number of aromatic amines is 1. The van der Waals surface area contributed by atoms with E-state index in [2.05, 4.69) is 15.6 Å². The molecule has 0 saturated heterocycles. The van der Waals surface area contributed by atoms with Gasteiger partial charge in [-0.2, -0.15) is 5.32 Å². The number of fused-ring (bicyclic) bond motifs is 1. The fourth-order valence-corrected chi connectivity index (χ4v) is 2.27. The molecule has 3 rings (SSSR count). The summed E-state index contributed by atoms with van der Waals surface area (Å²) in [5.41, 5.74) is 2.03. The van der Waals surface area contributed by atoms with Gasteiger partial charge in [0.1, 0.15) is 5.70 Å². The van der Waals surface area contributed by atoms with Crippen LogP contribution < -0.4 is 16.0 Å². The predicted molar refractivity (Wildman–Crippen MR) is 78.5 cm³/mol. The van der Waals surface area contributed by atoms with Gasteiger partial charge in [-0.3, -0.25) is 14.9 Å². The van der Waals surface area contributed by atoms with E-state index in [1.165, 1.54) is 0 Å². The fraction of sp³-hybridized carbons (Fsp3) is 0.133. The SMILES string of the molecule is O=C(CCc1c[nH]c2ccccc12)NC1=C[N]C(=O)NC1=O. The predicted octanol–water partition coefficient (Wildman–Crippen LogP) is 0.912. The Morgan fingerprint density at radius 2 is 2.05 bits per heavy atom. The topological polar surface area (TPSA) is 105 Å². The number of nitrogens with zero attached hydrogens (tertiary/aromatic N) is 1. The summed E-state index contributed by atoms with van der Waals surface area (Å²) < 4.78 is 0. The highest BCUT2D eigenvalue weighted by Gasteiger charge is 2.21. The standard InChI is InChI=1S/C15H13N4O3/c20-13(18-12-8-17-15(22)19-14(12)21)6-5-9-7-16-11-4-2-1-3-10(9)11/h1-4,7-8,16H,5-6H2,(H,18,20)(H,19,21,22). The Hall–Kier alpha value is -3.09. The number of hydrogen-bond donors (Lipinski definition) is 3. The first-order valence-electron chi connectivity index (χ1n) is 6.74. The molecule has 0 spiro atoms. The summed E-state index contributed by atoms with van der Waals surface area (Å²) >= 11 is 0. The molecule has 0 bridgehead atoms. The summed E-state index contributed by atoms with van der Waals surface area (Å²) in [7, 11) is 0. The number of aromatic nitrogens is 1. The summed E-state index contributed by atoms with van der Waals surface area (Å²) in [5.74, 6) is -0.961. The van der Waals surface area contributed by atoms with E-state index < -0.39 is 11.9 Å². The lowest BCUT2D eigenvalue weighted by Gasteiger charge is -2.12. The number of hydrogen-bond acceptors (Lipinski definition) is 3. The molecule has 1 aliphatic rings. The van der Waals surface area contributed by atoms with Gasteiger partial charge < -0.3 is 10.3 Å². The van der Waals surface area contributed by atoms with Crippen molar-refractivity contribution in [1.29, 1.82) is 0 Å². The van der Waals surface area contributed by atoms with Gasteiger partial charge in [0.15, 0.2) is 0 Å². The van der Waals surface area contributed by atoms with Crippen molar-refractivity contribution < 1.29 is 14.4 Å². The highest BCUT2D eigenvalue weighted by molar-refractivity contribution is 6.07. The monoisotopic (exact) mass is 297 g/mol.